The molecule has 2 aromatic heterocycles. The Hall–Kier alpha value is -2.18. The molecule has 2 heterocycles. The second kappa shape index (κ2) is 6.14. The smallest absolute Gasteiger partial charge is 0.262 e. The van der Waals surface area contributed by atoms with Crippen LogP contribution in [-0.2, 0) is 13.6 Å². The summed E-state index contributed by atoms with van der Waals surface area (Å²) in [5.74, 6) is 0.604. The highest BCUT2D eigenvalue weighted by atomic mass is 35.5. The van der Waals surface area contributed by atoms with Gasteiger partial charge >= 0.3 is 0 Å². The SMILES string of the molecule is CC(c1ccccc1Cl)N(C)Cc1nc2c(cnn2C)c(=O)[nH]1. The lowest BCUT2D eigenvalue weighted by Crippen LogP contribution is -2.25. The highest BCUT2D eigenvalue weighted by Crippen LogP contribution is 2.26. The second-order valence-corrected chi connectivity index (χ2v) is 6.04. The van der Waals surface area contributed by atoms with Crippen molar-refractivity contribution in [2.45, 2.75) is 19.5 Å². The second-order valence-electron chi connectivity index (χ2n) is 5.63. The van der Waals surface area contributed by atoms with Crippen LogP contribution in [0.3, 0.4) is 0 Å². The van der Waals surface area contributed by atoms with Crippen LogP contribution in [0.5, 0.6) is 0 Å². The number of hydrogen-bond acceptors (Lipinski definition) is 4. The Morgan fingerprint density at radius 1 is 1.39 bits per heavy atom. The van der Waals surface area contributed by atoms with E-state index in [1.807, 2.05) is 31.3 Å². The molecule has 120 valence electrons. The van der Waals surface area contributed by atoms with Crippen LogP contribution in [0.1, 0.15) is 24.4 Å². The van der Waals surface area contributed by atoms with Gasteiger partial charge in [-0.1, -0.05) is 29.8 Å². The average molecular weight is 332 g/mol. The quantitative estimate of drug-likeness (QED) is 0.797. The van der Waals surface area contributed by atoms with Crippen molar-refractivity contribution in [3.8, 4) is 0 Å². The minimum absolute atomic E-state index is 0.0937. The minimum Gasteiger partial charge on any atom is -0.309 e. The van der Waals surface area contributed by atoms with Crippen molar-refractivity contribution >= 4 is 22.6 Å². The van der Waals surface area contributed by atoms with E-state index in [2.05, 4.69) is 26.9 Å². The maximum Gasteiger partial charge on any atom is 0.262 e. The van der Waals surface area contributed by atoms with Crippen LogP contribution in [0.25, 0.3) is 11.0 Å². The van der Waals surface area contributed by atoms with E-state index in [1.165, 1.54) is 6.20 Å². The van der Waals surface area contributed by atoms with Gasteiger partial charge in [-0.15, -0.1) is 0 Å². The highest BCUT2D eigenvalue weighted by molar-refractivity contribution is 6.31. The number of rotatable bonds is 4. The third kappa shape index (κ3) is 3.00. The van der Waals surface area contributed by atoms with Crippen LogP contribution in [0.4, 0.5) is 0 Å². The first-order chi connectivity index (χ1) is 11.0. The summed E-state index contributed by atoms with van der Waals surface area (Å²) < 4.78 is 1.60. The van der Waals surface area contributed by atoms with E-state index in [9.17, 15) is 4.79 Å². The van der Waals surface area contributed by atoms with Gasteiger partial charge in [0.15, 0.2) is 5.65 Å². The minimum atomic E-state index is -0.170. The number of halogens is 1. The molecule has 0 spiro atoms. The summed E-state index contributed by atoms with van der Waals surface area (Å²) >= 11 is 6.26. The molecule has 23 heavy (non-hydrogen) atoms. The highest BCUT2D eigenvalue weighted by Gasteiger charge is 2.16. The van der Waals surface area contributed by atoms with E-state index < -0.39 is 0 Å². The standard InChI is InChI=1S/C16H18ClN5O/c1-10(11-6-4-5-7-13(11)17)21(2)9-14-19-15-12(16(23)20-14)8-18-22(15)3/h4-8,10H,9H2,1-3H3,(H,19,20,23). The lowest BCUT2D eigenvalue weighted by atomic mass is 10.1. The van der Waals surface area contributed by atoms with Gasteiger partial charge in [0.1, 0.15) is 11.2 Å². The molecule has 7 heteroatoms. The van der Waals surface area contributed by atoms with Crippen LogP contribution in [0.2, 0.25) is 5.02 Å². The van der Waals surface area contributed by atoms with Gasteiger partial charge in [-0.3, -0.25) is 14.4 Å². The normalized spacial score (nSPS) is 12.9. The lowest BCUT2D eigenvalue weighted by Gasteiger charge is -2.25. The molecule has 3 aromatic rings. The van der Waals surface area contributed by atoms with Gasteiger partial charge < -0.3 is 4.98 Å². The fourth-order valence-electron chi connectivity index (χ4n) is 2.58. The van der Waals surface area contributed by atoms with Gasteiger partial charge in [0.25, 0.3) is 5.56 Å². The van der Waals surface area contributed by atoms with Gasteiger partial charge in [-0.25, -0.2) is 4.98 Å². The summed E-state index contributed by atoms with van der Waals surface area (Å²) in [6, 6.07) is 7.85. The van der Waals surface area contributed by atoms with Crippen molar-refractivity contribution in [2.75, 3.05) is 7.05 Å². The fraction of sp³-hybridized carbons (Fsp3) is 0.312. The first-order valence-electron chi connectivity index (χ1n) is 7.33. The number of nitrogens with one attached hydrogen (secondary N) is 1. The predicted molar refractivity (Wildman–Crippen MR) is 90.5 cm³/mol. The fourth-order valence-corrected chi connectivity index (χ4v) is 2.87. The van der Waals surface area contributed by atoms with Gasteiger partial charge in [0, 0.05) is 18.1 Å². The van der Waals surface area contributed by atoms with Gasteiger partial charge in [-0.2, -0.15) is 5.10 Å². The molecule has 0 saturated heterocycles. The third-order valence-electron chi connectivity index (χ3n) is 4.07. The Kier molecular flexibility index (Phi) is 4.19. The summed E-state index contributed by atoms with van der Waals surface area (Å²) in [6.07, 6.45) is 1.53. The van der Waals surface area contributed by atoms with Crippen molar-refractivity contribution in [2.24, 2.45) is 7.05 Å². The molecule has 1 aromatic carbocycles. The van der Waals surface area contributed by atoms with E-state index in [-0.39, 0.29) is 11.6 Å². The van der Waals surface area contributed by atoms with Crippen molar-refractivity contribution < 1.29 is 0 Å². The Morgan fingerprint density at radius 2 is 2.13 bits per heavy atom. The van der Waals surface area contributed by atoms with Crippen LogP contribution in [0, 0.1) is 0 Å². The van der Waals surface area contributed by atoms with E-state index in [4.69, 9.17) is 11.6 Å². The molecule has 1 atom stereocenters. The lowest BCUT2D eigenvalue weighted by molar-refractivity contribution is 0.247. The molecule has 0 radical (unpaired) electrons. The summed E-state index contributed by atoms with van der Waals surface area (Å²) in [6.45, 7) is 2.57. The number of aromatic amines is 1. The first-order valence-corrected chi connectivity index (χ1v) is 7.70. The summed E-state index contributed by atoms with van der Waals surface area (Å²) in [5, 5.41) is 5.30. The molecule has 6 nitrogen and oxygen atoms in total. The van der Waals surface area contributed by atoms with Crippen molar-refractivity contribution in [1.82, 2.24) is 24.6 Å². The maximum absolute atomic E-state index is 12.1. The zero-order chi connectivity index (χ0) is 16.6. The largest absolute Gasteiger partial charge is 0.309 e. The first kappa shape index (κ1) is 15.7. The molecule has 0 bridgehead atoms. The van der Waals surface area contributed by atoms with E-state index >= 15 is 0 Å². The number of aromatic nitrogens is 4. The Bertz CT molecular complexity index is 901. The predicted octanol–water partition coefficient (Wildman–Crippen LogP) is 2.50. The average Bonchev–Trinajstić information content (AvgIpc) is 2.89. The van der Waals surface area contributed by atoms with Crippen LogP contribution in [-0.4, -0.2) is 31.7 Å². The summed E-state index contributed by atoms with van der Waals surface area (Å²) in [5.41, 5.74) is 1.46. The Morgan fingerprint density at radius 3 is 2.87 bits per heavy atom. The molecule has 3 rings (SSSR count). The zero-order valence-electron chi connectivity index (χ0n) is 13.2. The number of H-pyrrole nitrogens is 1. The number of nitrogens with zero attached hydrogens (tertiary/aromatic N) is 4. The Labute approximate surface area is 138 Å². The molecule has 1 N–H and O–H groups in total. The van der Waals surface area contributed by atoms with Crippen molar-refractivity contribution in [3.05, 3.63) is 57.2 Å². The summed E-state index contributed by atoms with van der Waals surface area (Å²) in [7, 11) is 3.75. The number of benzene rings is 1. The number of hydrogen-bond donors (Lipinski definition) is 1. The molecular weight excluding hydrogens is 314 g/mol. The van der Waals surface area contributed by atoms with E-state index in [0.717, 1.165) is 10.6 Å². The Balaban J connectivity index is 1.88. The third-order valence-corrected chi connectivity index (χ3v) is 4.41. The van der Waals surface area contributed by atoms with Crippen molar-refractivity contribution in [3.63, 3.8) is 0 Å². The van der Waals surface area contributed by atoms with E-state index in [1.54, 1.807) is 11.7 Å². The summed E-state index contributed by atoms with van der Waals surface area (Å²) in [4.78, 5) is 21.5. The van der Waals surface area contributed by atoms with Crippen LogP contribution < -0.4 is 5.56 Å². The van der Waals surface area contributed by atoms with Crippen LogP contribution in [0.15, 0.2) is 35.3 Å². The molecule has 0 aliphatic rings. The molecule has 0 aliphatic heterocycles. The number of aryl methyl sites for hydroxylation is 1. The zero-order valence-corrected chi connectivity index (χ0v) is 14.0. The van der Waals surface area contributed by atoms with Gasteiger partial charge in [-0.05, 0) is 25.6 Å². The molecule has 0 aliphatic carbocycles. The monoisotopic (exact) mass is 331 g/mol. The molecular formula is C16H18ClN5O. The van der Waals surface area contributed by atoms with Crippen LogP contribution >= 0.6 is 11.6 Å². The maximum atomic E-state index is 12.1. The number of fused-ring (bicyclic) bond motifs is 1. The van der Waals surface area contributed by atoms with Crippen molar-refractivity contribution in [1.29, 1.82) is 0 Å². The topological polar surface area (TPSA) is 66.8 Å². The molecule has 1 unspecified atom stereocenters. The van der Waals surface area contributed by atoms with Gasteiger partial charge in [0.2, 0.25) is 0 Å². The van der Waals surface area contributed by atoms with E-state index in [0.29, 0.717) is 23.4 Å². The molecule has 0 saturated carbocycles. The van der Waals surface area contributed by atoms with Gasteiger partial charge in [0.05, 0.1) is 12.7 Å². The molecule has 0 amide bonds. The molecule has 0 fully saturated rings.